The molecule has 0 saturated carbocycles. The number of rotatable bonds is 2. The zero-order valence-corrected chi connectivity index (χ0v) is 6.46. The molecule has 0 bridgehead atoms. The van der Waals surface area contributed by atoms with E-state index in [1.54, 1.807) is 12.5 Å². The number of furan rings is 1. The molecule has 2 rings (SSSR count). The molecule has 0 spiro atoms. The predicted octanol–water partition coefficient (Wildman–Crippen LogP) is 1.02. The van der Waals surface area contributed by atoms with Gasteiger partial charge < -0.3 is 14.5 Å². The molecule has 3 nitrogen and oxygen atoms in total. The Morgan fingerprint density at radius 2 is 2.45 bits per heavy atom. The van der Waals surface area contributed by atoms with Crippen LogP contribution in [0, 0.1) is 0 Å². The van der Waals surface area contributed by atoms with Crippen LogP contribution in [0.3, 0.4) is 0 Å². The predicted molar refractivity (Wildman–Crippen MR) is 40.6 cm³/mol. The second-order valence-electron chi connectivity index (χ2n) is 3.11. The van der Waals surface area contributed by atoms with Crippen molar-refractivity contribution in [3.8, 4) is 5.75 Å². The smallest absolute Gasteiger partial charge is 0.158 e. The standard InChI is InChI=1S/C8H11NO2/c1-8(5-9-6-8)11-7-2-3-10-4-7/h2-4,9H,5-6H2,1H3. The van der Waals surface area contributed by atoms with Crippen LogP contribution in [0.15, 0.2) is 23.0 Å². The highest BCUT2D eigenvalue weighted by molar-refractivity contribution is 5.15. The molecule has 1 fully saturated rings. The summed E-state index contributed by atoms with van der Waals surface area (Å²) in [6.07, 6.45) is 3.23. The van der Waals surface area contributed by atoms with Gasteiger partial charge in [0.25, 0.3) is 0 Å². The maximum atomic E-state index is 5.62. The third-order valence-electron chi connectivity index (χ3n) is 1.86. The van der Waals surface area contributed by atoms with Crippen LogP contribution in [0.1, 0.15) is 6.92 Å². The summed E-state index contributed by atoms with van der Waals surface area (Å²) in [5, 5.41) is 3.16. The van der Waals surface area contributed by atoms with E-state index in [1.165, 1.54) is 0 Å². The van der Waals surface area contributed by atoms with Crippen LogP contribution in [0.2, 0.25) is 0 Å². The molecule has 0 amide bonds. The van der Waals surface area contributed by atoms with Crippen LogP contribution in [-0.4, -0.2) is 18.7 Å². The highest BCUT2D eigenvalue weighted by Gasteiger charge is 2.33. The average molecular weight is 153 g/mol. The fraction of sp³-hybridized carbons (Fsp3) is 0.500. The van der Waals surface area contributed by atoms with Crippen LogP contribution in [0.25, 0.3) is 0 Å². The Morgan fingerprint density at radius 3 is 2.91 bits per heavy atom. The zero-order valence-electron chi connectivity index (χ0n) is 6.46. The minimum atomic E-state index is -0.0239. The Kier molecular flexibility index (Phi) is 1.39. The van der Waals surface area contributed by atoms with Gasteiger partial charge in [-0.25, -0.2) is 0 Å². The largest absolute Gasteiger partial charge is 0.482 e. The van der Waals surface area contributed by atoms with Gasteiger partial charge in [0.05, 0.1) is 6.26 Å². The van der Waals surface area contributed by atoms with Crippen LogP contribution in [0.4, 0.5) is 0 Å². The van der Waals surface area contributed by atoms with E-state index in [2.05, 4.69) is 12.2 Å². The van der Waals surface area contributed by atoms with Gasteiger partial charge in [0, 0.05) is 19.2 Å². The maximum absolute atomic E-state index is 5.62. The van der Waals surface area contributed by atoms with Crippen molar-refractivity contribution in [1.29, 1.82) is 0 Å². The number of hydrogen-bond acceptors (Lipinski definition) is 3. The lowest BCUT2D eigenvalue weighted by Gasteiger charge is -2.38. The first-order valence-corrected chi connectivity index (χ1v) is 3.70. The molecule has 60 valence electrons. The molecule has 1 aromatic rings. The third kappa shape index (κ3) is 1.24. The highest BCUT2D eigenvalue weighted by Crippen LogP contribution is 2.21. The molecule has 1 aromatic heterocycles. The maximum Gasteiger partial charge on any atom is 0.158 e. The fourth-order valence-electron chi connectivity index (χ4n) is 1.14. The van der Waals surface area contributed by atoms with Crippen molar-refractivity contribution in [3.63, 3.8) is 0 Å². The van der Waals surface area contributed by atoms with Gasteiger partial charge in [-0.3, -0.25) is 0 Å². The van der Waals surface area contributed by atoms with Crippen LogP contribution in [0.5, 0.6) is 5.75 Å². The van der Waals surface area contributed by atoms with Gasteiger partial charge in [0.1, 0.15) is 11.9 Å². The fourth-order valence-corrected chi connectivity index (χ4v) is 1.14. The first-order valence-electron chi connectivity index (χ1n) is 3.70. The lowest BCUT2D eigenvalue weighted by molar-refractivity contribution is 0.0342. The van der Waals surface area contributed by atoms with Gasteiger partial charge in [-0.2, -0.15) is 0 Å². The molecule has 1 saturated heterocycles. The van der Waals surface area contributed by atoms with Crippen molar-refractivity contribution >= 4 is 0 Å². The highest BCUT2D eigenvalue weighted by atomic mass is 16.5. The summed E-state index contributed by atoms with van der Waals surface area (Å²) in [6.45, 7) is 3.91. The summed E-state index contributed by atoms with van der Waals surface area (Å²) in [5.74, 6) is 0.814. The SMILES string of the molecule is CC1(Oc2ccoc2)CNC1. The minimum Gasteiger partial charge on any atom is -0.482 e. The molecule has 0 radical (unpaired) electrons. The van der Waals surface area contributed by atoms with E-state index < -0.39 is 0 Å². The van der Waals surface area contributed by atoms with Gasteiger partial charge in [-0.15, -0.1) is 0 Å². The second-order valence-corrected chi connectivity index (χ2v) is 3.11. The van der Waals surface area contributed by atoms with E-state index in [0.717, 1.165) is 18.8 Å². The van der Waals surface area contributed by atoms with E-state index >= 15 is 0 Å². The Bertz CT molecular complexity index is 226. The third-order valence-corrected chi connectivity index (χ3v) is 1.86. The molecule has 0 aliphatic carbocycles. The summed E-state index contributed by atoms with van der Waals surface area (Å²) < 4.78 is 10.5. The molecule has 1 N–H and O–H groups in total. The zero-order chi connectivity index (χ0) is 7.73. The molecule has 2 heterocycles. The van der Waals surface area contributed by atoms with Gasteiger partial charge in [-0.05, 0) is 6.92 Å². The van der Waals surface area contributed by atoms with Gasteiger partial charge in [-0.1, -0.05) is 0 Å². The van der Waals surface area contributed by atoms with Crippen molar-refractivity contribution in [3.05, 3.63) is 18.6 Å². The molecule has 11 heavy (non-hydrogen) atoms. The van der Waals surface area contributed by atoms with Crippen molar-refractivity contribution in [2.24, 2.45) is 0 Å². The van der Waals surface area contributed by atoms with Crippen molar-refractivity contribution in [2.45, 2.75) is 12.5 Å². The van der Waals surface area contributed by atoms with E-state index in [0.29, 0.717) is 0 Å². The summed E-state index contributed by atoms with van der Waals surface area (Å²) >= 11 is 0. The van der Waals surface area contributed by atoms with Gasteiger partial charge >= 0.3 is 0 Å². The molecule has 0 aromatic carbocycles. The normalized spacial score (nSPS) is 20.8. The second kappa shape index (κ2) is 2.27. The average Bonchev–Trinajstić information content (AvgIpc) is 2.36. The summed E-state index contributed by atoms with van der Waals surface area (Å²) in [7, 11) is 0. The van der Waals surface area contributed by atoms with E-state index in [-0.39, 0.29) is 5.60 Å². The monoisotopic (exact) mass is 153 g/mol. The Hall–Kier alpha value is -0.960. The number of ether oxygens (including phenoxy) is 1. The summed E-state index contributed by atoms with van der Waals surface area (Å²) in [6, 6.07) is 1.82. The molecule has 1 aliphatic rings. The van der Waals surface area contributed by atoms with Crippen molar-refractivity contribution in [2.75, 3.05) is 13.1 Å². The Labute approximate surface area is 65.3 Å². The molecule has 0 unspecified atom stereocenters. The topological polar surface area (TPSA) is 34.4 Å². The van der Waals surface area contributed by atoms with E-state index in [1.807, 2.05) is 6.07 Å². The van der Waals surface area contributed by atoms with Crippen LogP contribution in [-0.2, 0) is 0 Å². The molecule has 1 aliphatic heterocycles. The lowest BCUT2D eigenvalue weighted by Crippen LogP contribution is -2.60. The van der Waals surface area contributed by atoms with Crippen LogP contribution < -0.4 is 10.1 Å². The van der Waals surface area contributed by atoms with E-state index in [4.69, 9.17) is 9.15 Å². The van der Waals surface area contributed by atoms with Crippen molar-refractivity contribution in [1.82, 2.24) is 5.32 Å². The quantitative estimate of drug-likeness (QED) is 0.688. The van der Waals surface area contributed by atoms with Gasteiger partial charge in [0.15, 0.2) is 5.75 Å². The summed E-state index contributed by atoms with van der Waals surface area (Å²) in [5.41, 5.74) is -0.0239. The molecule has 3 heteroatoms. The van der Waals surface area contributed by atoms with Crippen LogP contribution >= 0.6 is 0 Å². The van der Waals surface area contributed by atoms with E-state index in [9.17, 15) is 0 Å². The first kappa shape index (κ1) is 6.73. The van der Waals surface area contributed by atoms with Gasteiger partial charge in [0.2, 0.25) is 0 Å². The minimum absolute atomic E-state index is 0.0239. The number of nitrogens with one attached hydrogen (secondary N) is 1. The van der Waals surface area contributed by atoms with Crippen molar-refractivity contribution < 1.29 is 9.15 Å². The first-order chi connectivity index (χ1) is 5.29. The Morgan fingerprint density at radius 1 is 1.64 bits per heavy atom. The number of hydrogen-bond donors (Lipinski definition) is 1. The summed E-state index contributed by atoms with van der Waals surface area (Å²) in [4.78, 5) is 0. The molecular formula is C8H11NO2. The molecular weight excluding hydrogens is 142 g/mol. The molecule has 0 atom stereocenters. The Balaban J connectivity index is 2.00. The lowest BCUT2D eigenvalue weighted by atomic mass is 10.0.